The van der Waals surface area contributed by atoms with E-state index in [1.807, 2.05) is 13.1 Å². The molecule has 3 rings (SSSR count). The maximum Gasteiger partial charge on any atom is 0.243 e. The van der Waals surface area contributed by atoms with Gasteiger partial charge in [-0.25, -0.2) is 8.42 Å². The number of allylic oxidation sites excluding steroid dienone is 3. The Morgan fingerprint density at radius 2 is 2.00 bits per heavy atom. The number of sulfonamides is 1. The number of hydrogen-bond acceptors (Lipinski definition) is 4. The lowest BCUT2D eigenvalue weighted by molar-refractivity contribution is -0.126. The van der Waals surface area contributed by atoms with E-state index in [9.17, 15) is 13.2 Å². The number of amides is 1. The molecule has 1 aliphatic carbocycles. The quantitative estimate of drug-likeness (QED) is 0.599. The first-order valence-electron chi connectivity index (χ1n) is 9.42. The van der Waals surface area contributed by atoms with Gasteiger partial charge in [0.2, 0.25) is 15.9 Å². The standard InChI is InChI=1S/C20H27N3O3S/c1-16-9-11-19(12-10-16)27(25,26)23-13-5-8-18(15-23)20(24)22-21-14-17-6-3-2-4-7-17/h2-3,9-12,14,18,21H,4-8,13,15H2,1H3,(H,22,24)/b17-14+/t18-/m1/s1. The highest BCUT2D eigenvalue weighted by Gasteiger charge is 2.33. The number of benzene rings is 1. The minimum absolute atomic E-state index is 0.165. The summed E-state index contributed by atoms with van der Waals surface area (Å²) in [6.07, 6.45) is 10.4. The molecule has 1 aromatic rings. The molecule has 1 aliphatic heterocycles. The van der Waals surface area contributed by atoms with Gasteiger partial charge in [0.15, 0.2) is 0 Å². The predicted molar refractivity (Wildman–Crippen MR) is 105 cm³/mol. The monoisotopic (exact) mass is 389 g/mol. The largest absolute Gasteiger partial charge is 0.306 e. The number of nitrogens with zero attached hydrogens (tertiary/aromatic N) is 1. The Kier molecular flexibility index (Phi) is 6.34. The summed E-state index contributed by atoms with van der Waals surface area (Å²) in [7, 11) is -3.57. The number of rotatable bonds is 5. The summed E-state index contributed by atoms with van der Waals surface area (Å²) in [6, 6.07) is 6.83. The van der Waals surface area contributed by atoms with Gasteiger partial charge in [0, 0.05) is 19.3 Å². The van der Waals surface area contributed by atoms with E-state index in [0.29, 0.717) is 19.4 Å². The molecule has 27 heavy (non-hydrogen) atoms. The third-order valence-corrected chi connectivity index (χ3v) is 6.94. The second kappa shape index (κ2) is 8.71. The molecule has 0 radical (unpaired) electrons. The Morgan fingerprint density at radius 3 is 2.70 bits per heavy atom. The van der Waals surface area contributed by atoms with Crippen molar-refractivity contribution in [1.82, 2.24) is 15.2 Å². The summed E-state index contributed by atoms with van der Waals surface area (Å²) in [5.74, 6) is -0.516. The molecule has 2 N–H and O–H groups in total. The number of hydrogen-bond donors (Lipinski definition) is 2. The van der Waals surface area contributed by atoms with E-state index in [0.717, 1.165) is 24.8 Å². The third kappa shape index (κ3) is 4.99. The van der Waals surface area contributed by atoms with Crippen molar-refractivity contribution in [3.8, 4) is 0 Å². The number of carbonyl (C=O) groups is 1. The van der Waals surface area contributed by atoms with E-state index in [1.54, 1.807) is 24.3 Å². The molecule has 0 saturated carbocycles. The number of hydrazine groups is 1. The van der Waals surface area contributed by atoms with Crippen LogP contribution in [0.3, 0.4) is 0 Å². The highest BCUT2D eigenvalue weighted by molar-refractivity contribution is 7.89. The van der Waals surface area contributed by atoms with Crippen LogP contribution in [0, 0.1) is 12.8 Å². The third-order valence-electron chi connectivity index (χ3n) is 5.06. The van der Waals surface area contributed by atoms with Crippen LogP contribution in [0.25, 0.3) is 0 Å². The average Bonchev–Trinajstić information content (AvgIpc) is 2.69. The molecule has 6 nitrogen and oxygen atoms in total. The Bertz CT molecular complexity index is 829. The van der Waals surface area contributed by atoms with Gasteiger partial charge in [-0.05, 0) is 56.7 Å². The fourth-order valence-corrected chi connectivity index (χ4v) is 4.92. The van der Waals surface area contributed by atoms with Crippen molar-refractivity contribution in [2.24, 2.45) is 5.92 Å². The van der Waals surface area contributed by atoms with Crippen LogP contribution < -0.4 is 10.9 Å². The zero-order valence-corrected chi connectivity index (χ0v) is 16.5. The van der Waals surface area contributed by atoms with Crippen LogP contribution in [0.5, 0.6) is 0 Å². The molecule has 146 valence electrons. The molecule has 0 unspecified atom stereocenters. The summed E-state index contributed by atoms with van der Waals surface area (Å²) < 4.78 is 27.1. The first-order valence-corrected chi connectivity index (χ1v) is 10.9. The molecule has 0 spiro atoms. The Morgan fingerprint density at radius 1 is 1.22 bits per heavy atom. The van der Waals surface area contributed by atoms with Crippen molar-refractivity contribution in [2.45, 2.75) is 43.9 Å². The maximum absolute atomic E-state index is 12.8. The summed E-state index contributed by atoms with van der Waals surface area (Å²) in [5.41, 5.74) is 7.84. The van der Waals surface area contributed by atoms with Gasteiger partial charge in [-0.3, -0.25) is 10.2 Å². The molecule has 1 atom stereocenters. The lowest BCUT2D eigenvalue weighted by Crippen LogP contribution is -2.47. The van der Waals surface area contributed by atoms with Crippen molar-refractivity contribution in [3.05, 3.63) is 53.8 Å². The number of carbonyl (C=O) groups excluding carboxylic acids is 1. The SMILES string of the molecule is Cc1ccc(S(=O)(=O)N2CCC[C@@H](C(=O)NN/C=C3\CC=CCC3)C2)cc1. The van der Waals surface area contributed by atoms with Gasteiger partial charge in [0.25, 0.3) is 0 Å². The Hall–Kier alpha value is -2.12. The van der Waals surface area contributed by atoms with E-state index in [2.05, 4.69) is 23.0 Å². The van der Waals surface area contributed by atoms with Crippen LogP contribution in [-0.2, 0) is 14.8 Å². The van der Waals surface area contributed by atoms with E-state index in [4.69, 9.17) is 0 Å². The smallest absolute Gasteiger partial charge is 0.243 e. The first-order chi connectivity index (χ1) is 13.0. The molecule has 1 aromatic carbocycles. The van der Waals surface area contributed by atoms with Gasteiger partial charge >= 0.3 is 0 Å². The van der Waals surface area contributed by atoms with E-state index >= 15 is 0 Å². The second-order valence-electron chi connectivity index (χ2n) is 7.17. The van der Waals surface area contributed by atoms with Crippen LogP contribution >= 0.6 is 0 Å². The summed E-state index contributed by atoms with van der Waals surface area (Å²) >= 11 is 0. The lowest BCUT2D eigenvalue weighted by atomic mass is 9.99. The van der Waals surface area contributed by atoms with Crippen LogP contribution in [0.2, 0.25) is 0 Å². The van der Waals surface area contributed by atoms with Gasteiger partial charge < -0.3 is 5.43 Å². The van der Waals surface area contributed by atoms with Crippen molar-refractivity contribution in [3.63, 3.8) is 0 Å². The number of piperidine rings is 1. The van der Waals surface area contributed by atoms with Crippen LogP contribution in [0.1, 0.15) is 37.7 Å². The summed E-state index contributed by atoms with van der Waals surface area (Å²) in [4.78, 5) is 12.7. The zero-order valence-electron chi connectivity index (χ0n) is 15.6. The molecule has 2 aliphatic rings. The predicted octanol–water partition coefficient (Wildman–Crippen LogP) is 2.64. The van der Waals surface area contributed by atoms with E-state index < -0.39 is 10.0 Å². The van der Waals surface area contributed by atoms with Crippen LogP contribution in [0.4, 0.5) is 0 Å². The molecule has 1 saturated heterocycles. The molecule has 1 fully saturated rings. The molecular formula is C20H27N3O3S. The van der Waals surface area contributed by atoms with Crippen molar-refractivity contribution >= 4 is 15.9 Å². The Balaban J connectivity index is 1.59. The lowest BCUT2D eigenvalue weighted by Gasteiger charge is -2.31. The number of nitrogens with one attached hydrogen (secondary N) is 2. The van der Waals surface area contributed by atoms with E-state index in [1.165, 1.54) is 9.88 Å². The molecule has 0 aromatic heterocycles. The minimum atomic E-state index is -3.57. The molecule has 1 heterocycles. The van der Waals surface area contributed by atoms with Crippen LogP contribution in [-0.4, -0.2) is 31.7 Å². The van der Waals surface area contributed by atoms with Crippen molar-refractivity contribution in [2.75, 3.05) is 13.1 Å². The van der Waals surface area contributed by atoms with Gasteiger partial charge in [-0.2, -0.15) is 4.31 Å². The Labute approximate surface area is 161 Å². The summed E-state index contributed by atoms with van der Waals surface area (Å²) in [5, 5.41) is 0. The van der Waals surface area contributed by atoms with E-state index in [-0.39, 0.29) is 23.3 Å². The van der Waals surface area contributed by atoms with Gasteiger partial charge in [0.1, 0.15) is 0 Å². The molecule has 1 amide bonds. The highest BCUT2D eigenvalue weighted by atomic mass is 32.2. The molecule has 7 heteroatoms. The first kappa shape index (κ1) is 19.6. The highest BCUT2D eigenvalue weighted by Crippen LogP contribution is 2.24. The van der Waals surface area contributed by atoms with Gasteiger partial charge in [-0.1, -0.05) is 29.8 Å². The van der Waals surface area contributed by atoms with Gasteiger partial charge in [0.05, 0.1) is 10.8 Å². The normalized spacial score (nSPS) is 22.6. The van der Waals surface area contributed by atoms with Crippen molar-refractivity contribution in [1.29, 1.82) is 0 Å². The molecular weight excluding hydrogens is 362 g/mol. The summed E-state index contributed by atoms with van der Waals surface area (Å²) in [6.45, 7) is 2.58. The van der Waals surface area contributed by atoms with Crippen molar-refractivity contribution < 1.29 is 13.2 Å². The van der Waals surface area contributed by atoms with Crippen LogP contribution in [0.15, 0.2) is 53.1 Å². The average molecular weight is 390 g/mol. The topological polar surface area (TPSA) is 78.5 Å². The van der Waals surface area contributed by atoms with Gasteiger partial charge in [-0.15, -0.1) is 0 Å². The molecule has 0 bridgehead atoms. The fraction of sp³-hybridized carbons (Fsp3) is 0.450. The maximum atomic E-state index is 12.8. The zero-order chi connectivity index (χ0) is 19.3. The fourth-order valence-electron chi connectivity index (χ4n) is 3.40. The second-order valence-corrected chi connectivity index (χ2v) is 9.10. The number of aryl methyl sites for hydroxylation is 1. The minimum Gasteiger partial charge on any atom is -0.306 e.